The molecule has 0 saturated carbocycles. The van der Waals surface area contributed by atoms with Gasteiger partial charge in [0.15, 0.2) is 5.82 Å². The van der Waals surface area contributed by atoms with Gasteiger partial charge in [0.05, 0.1) is 5.39 Å². The van der Waals surface area contributed by atoms with Crippen molar-refractivity contribution in [2.45, 2.75) is 38.8 Å². The summed E-state index contributed by atoms with van der Waals surface area (Å²) >= 11 is 1.82. The van der Waals surface area contributed by atoms with Crippen molar-refractivity contribution in [3.05, 3.63) is 52.2 Å². The van der Waals surface area contributed by atoms with Crippen molar-refractivity contribution in [3.8, 4) is 0 Å². The number of thiophene rings is 1. The average molecular weight is 452 g/mol. The van der Waals surface area contributed by atoms with Gasteiger partial charge in [0.25, 0.3) is 0 Å². The highest BCUT2D eigenvalue weighted by Gasteiger charge is 2.27. The highest BCUT2D eigenvalue weighted by atomic mass is 32.1. The molecule has 7 nitrogen and oxygen atoms in total. The van der Waals surface area contributed by atoms with Crippen LogP contribution in [0.2, 0.25) is 0 Å². The summed E-state index contributed by atoms with van der Waals surface area (Å²) in [5.74, 6) is 1.75. The third-order valence-electron chi connectivity index (χ3n) is 6.27. The molecule has 168 valence electrons. The Kier molecular flexibility index (Phi) is 6.23. The second kappa shape index (κ2) is 9.42. The van der Waals surface area contributed by atoms with E-state index in [0.717, 1.165) is 48.0 Å². The minimum atomic E-state index is -0.00526. The van der Waals surface area contributed by atoms with E-state index in [4.69, 9.17) is 14.7 Å². The molecule has 1 aromatic carbocycles. The number of urea groups is 1. The minimum Gasteiger partial charge on any atom is -0.377 e. The lowest BCUT2D eigenvalue weighted by molar-refractivity contribution is 0.178. The van der Waals surface area contributed by atoms with Gasteiger partial charge in [-0.2, -0.15) is 0 Å². The summed E-state index contributed by atoms with van der Waals surface area (Å²) in [6.07, 6.45) is 4.74. The topological polar surface area (TPSA) is 70.6 Å². The third-order valence-corrected chi connectivity index (χ3v) is 7.45. The number of benzene rings is 1. The van der Waals surface area contributed by atoms with Crippen LogP contribution in [0, 0.1) is 0 Å². The van der Waals surface area contributed by atoms with Crippen molar-refractivity contribution in [2.75, 3.05) is 38.2 Å². The molecule has 3 aromatic rings. The summed E-state index contributed by atoms with van der Waals surface area (Å²) in [5.41, 5.74) is 2.55. The number of nitrogens with one attached hydrogen (secondary N) is 1. The summed E-state index contributed by atoms with van der Waals surface area (Å²) in [7, 11) is 1.68. The van der Waals surface area contributed by atoms with Crippen LogP contribution in [-0.4, -0.2) is 54.2 Å². The van der Waals surface area contributed by atoms with E-state index in [1.165, 1.54) is 28.7 Å². The Morgan fingerprint density at radius 3 is 2.66 bits per heavy atom. The number of hydrogen-bond donors (Lipinski definition) is 1. The first-order valence-corrected chi connectivity index (χ1v) is 12.2. The van der Waals surface area contributed by atoms with E-state index < -0.39 is 0 Å². The molecule has 0 radical (unpaired) electrons. The number of methoxy groups -OCH3 is 1. The number of aromatic nitrogens is 2. The van der Waals surface area contributed by atoms with Crippen LogP contribution in [0.15, 0.2) is 30.3 Å². The summed E-state index contributed by atoms with van der Waals surface area (Å²) in [4.78, 5) is 29.2. The van der Waals surface area contributed by atoms with E-state index in [1.54, 1.807) is 7.11 Å². The molecule has 0 spiro atoms. The van der Waals surface area contributed by atoms with Gasteiger partial charge in [0.2, 0.25) is 0 Å². The minimum absolute atomic E-state index is 0.00526. The lowest BCUT2D eigenvalue weighted by Gasteiger charge is -2.36. The van der Waals surface area contributed by atoms with Gasteiger partial charge < -0.3 is 19.9 Å². The third kappa shape index (κ3) is 4.29. The van der Waals surface area contributed by atoms with Gasteiger partial charge in [-0.25, -0.2) is 14.8 Å². The molecule has 2 amide bonds. The number of amides is 2. The van der Waals surface area contributed by atoms with Crippen molar-refractivity contribution in [1.82, 2.24) is 20.2 Å². The highest BCUT2D eigenvalue weighted by molar-refractivity contribution is 7.19. The van der Waals surface area contributed by atoms with Crippen molar-refractivity contribution in [1.29, 1.82) is 0 Å². The number of carbonyl (C=O) groups is 1. The molecule has 1 fully saturated rings. The maximum Gasteiger partial charge on any atom is 0.317 e. The monoisotopic (exact) mass is 451 g/mol. The summed E-state index contributed by atoms with van der Waals surface area (Å²) < 4.78 is 5.33. The molecule has 32 heavy (non-hydrogen) atoms. The number of anilines is 1. The number of ether oxygens (including phenoxy) is 1. The first-order chi connectivity index (χ1) is 15.7. The smallest absolute Gasteiger partial charge is 0.317 e. The van der Waals surface area contributed by atoms with Gasteiger partial charge in [-0.1, -0.05) is 30.3 Å². The number of carbonyl (C=O) groups excluding carboxylic acids is 1. The second-order valence-electron chi connectivity index (χ2n) is 8.41. The van der Waals surface area contributed by atoms with E-state index in [0.29, 0.717) is 26.2 Å². The second-order valence-corrected chi connectivity index (χ2v) is 9.49. The predicted molar refractivity (Wildman–Crippen MR) is 127 cm³/mol. The molecule has 1 saturated heterocycles. The van der Waals surface area contributed by atoms with Crippen LogP contribution < -0.4 is 10.2 Å². The predicted octanol–water partition coefficient (Wildman–Crippen LogP) is 3.75. The summed E-state index contributed by atoms with van der Waals surface area (Å²) in [5, 5.41) is 4.27. The van der Waals surface area contributed by atoms with Gasteiger partial charge >= 0.3 is 6.03 Å². The number of nitrogens with zero attached hydrogens (tertiary/aromatic N) is 4. The maximum absolute atomic E-state index is 12.7. The van der Waals surface area contributed by atoms with Crippen LogP contribution >= 0.6 is 11.3 Å². The molecular formula is C24H29N5O2S. The molecule has 5 rings (SSSR count). The zero-order valence-electron chi connectivity index (χ0n) is 18.5. The van der Waals surface area contributed by atoms with Gasteiger partial charge in [-0.15, -0.1) is 11.3 Å². The Labute approximate surface area is 192 Å². The van der Waals surface area contributed by atoms with E-state index in [-0.39, 0.29) is 6.03 Å². The zero-order chi connectivity index (χ0) is 21.9. The highest BCUT2D eigenvalue weighted by Crippen LogP contribution is 2.40. The van der Waals surface area contributed by atoms with Crippen molar-refractivity contribution >= 4 is 33.4 Å². The van der Waals surface area contributed by atoms with Crippen LogP contribution in [0.3, 0.4) is 0 Å². The van der Waals surface area contributed by atoms with Gasteiger partial charge in [0, 0.05) is 44.7 Å². The van der Waals surface area contributed by atoms with Crippen LogP contribution in [0.25, 0.3) is 10.2 Å². The van der Waals surface area contributed by atoms with Crippen LogP contribution in [0.4, 0.5) is 10.6 Å². The van der Waals surface area contributed by atoms with Gasteiger partial charge in [-0.05, 0) is 36.8 Å². The normalized spacial score (nSPS) is 16.3. The number of rotatable bonds is 5. The number of aryl methyl sites for hydroxylation is 2. The summed E-state index contributed by atoms with van der Waals surface area (Å²) in [6.45, 7) is 3.85. The molecular weight excluding hydrogens is 422 g/mol. The Balaban J connectivity index is 1.32. The Morgan fingerprint density at radius 2 is 1.88 bits per heavy atom. The Morgan fingerprint density at radius 1 is 1.09 bits per heavy atom. The van der Waals surface area contributed by atoms with Crippen LogP contribution in [0.1, 0.15) is 34.7 Å². The van der Waals surface area contributed by atoms with E-state index in [9.17, 15) is 4.79 Å². The van der Waals surface area contributed by atoms with Crippen LogP contribution in [0.5, 0.6) is 0 Å². The molecule has 8 heteroatoms. The Hall–Kier alpha value is -2.71. The fourth-order valence-electron chi connectivity index (χ4n) is 4.61. The molecule has 0 bridgehead atoms. The summed E-state index contributed by atoms with van der Waals surface area (Å²) in [6, 6.07) is 10.0. The molecule has 0 unspecified atom stereocenters. The SMILES string of the molecule is COCc1nc(N2CCN(C(=O)NCc3ccccc3)CC2)c2c3c(sc2n1)CCCC3. The molecule has 1 aliphatic carbocycles. The molecule has 1 N–H and O–H groups in total. The first-order valence-electron chi connectivity index (χ1n) is 11.3. The van der Waals surface area contributed by atoms with Gasteiger partial charge in [-0.3, -0.25) is 0 Å². The average Bonchev–Trinajstić information content (AvgIpc) is 3.21. The molecule has 3 heterocycles. The number of piperazine rings is 1. The lowest BCUT2D eigenvalue weighted by Crippen LogP contribution is -2.52. The molecule has 2 aliphatic rings. The quantitative estimate of drug-likeness (QED) is 0.640. The number of fused-ring (bicyclic) bond motifs is 3. The fourth-order valence-corrected chi connectivity index (χ4v) is 5.89. The molecule has 1 aliphatic heterocycles. The fraction of sp³-hybridized carbons (Fsp3) is 0.458. The standard InChI is InChI=1S/C24H29N5O2S/c1-31-16-20-26-22(21-18-9-5-6-10-19(18)32-23(21)27-20)28-11-13-29(14-12-28)24(30)25-15-17-7-3-2-4-8-17/h2-4,7-8H,5-6,9-16H2,1H3,(H,25,30). The van der Waals surface area contributed by atoms with Gasteiger partial charge in [0.1, 0.15) is 17.3 Å². The van der Waals surface area contributed by atoms with E-state index >= 15 is 0 Å². The Bertz CT molecular complexity index is 1090. The first kappa shape index (κ1) is 21.2. The number of hydrogen-bond acceptors (Lipinski definition) is 6. The molecule has 2 aromatic heterocycles. The van der Waals surface area contributed by atoms with E-state index in [2.05, 4.69) is 10.2 Å². The van der Waals surface area contributed by atoms with E-state index in [1.807, 2.05) is 46.6 Å². The lowest BCUT2D eigenvalue weighted by atomic mass is 9.97. The van der Waals surface area contributed by atoms with Crippen molar-refractivity contribution in [3.63, 3.8) is 0 Å². The zero-order valence-corrected chi connectivity index (χ0v) is 19.3. The van der Waals surface area contributed by atoms with Crippen LogP contribution in [-0.2, 0) is 30.7 Å². The van der Waals surface area contributed by atoms with Crippen molar-refractivity contribution in [2.24, 2.45) is 0 Å². The molecule has 0 atom stereocenters. The maximum atomic E-state index is 12.7. The largest absolute Gasteiger partial charge is 0.377 e. The van der Waals surface area contributed by atoms with Crippen molar-refractivity contribution < 1.29 is 9.53 Å².